The first kappa shape index (κ1) is 21.3. The zero-order valence-corrected chi connectivity index (χ0v) is 17.5. The molecule has 2 aromatic rings. The normalized spacial score (nSPS) is 11.7. The smallest absolute Gasteiger partial charge is 0.251 e. The lowest BCUT2D eigenvalue weighted by Crippen LogP contribution is -2.33. The molecule has 27 heavy (non-hydrogen) atoms. The number of anilines is 1. The van der Waals surface area contributed by atoms with Gasteiger partial charge in [0.05, 0.1) is 10.6 Å². The number of rotatable bonds is 8. The molecule has 0 spiro atoms. The molecule has 0 atom stereocenters. The molecule has 1 amide bonds. The summed E-state index contributed by atoms with van der Waals surface area (Å²) >= 11 is 1.37. The maximum atomic E-state index is 12.6. The number of aryl methyl sites for hydroxylation is 2. The Morgan fingerprint density at radius 2 is 1.93 bits per heavy atom. The number of sulfonamides is 1. The zero-order chi connectivity index (χ0) is 20.2. The molecule has 2 rings (SSSR count). The van der Waals surface area contributed by atoms with Crippen molar-refractivity contribution in [3.8, 4) is 0 Å². The Morgan fingerprint density at radius 3 is 2.48 bits per heavy atom. The summed E-state index contributed by atoms with van der Waals surface area (Å²) in [6.45, 7) is 7.74. The fourth-order valence-electron chi connectivity index (χ4n) is 2.62. The Labute approximate surface area is 162 Å². The fraction of sp³-hybridized carbons (Fsp3) is 0.471. The van der Waals surface area contributed by atoms with Gasteiger partial charge in [-0.1, -0.05) is 20.8 Å². The van der Waals surface area contributed by atoms with Gasteiger partial charge in [-0.2, -0.15) is 4.31 Å². The number of hydrogen-bond donors (Lipinski definition) is 1. The molecule has 0 aliphatic heterocycles. The molecule has 2 heterocycles. The number of nitrogens with zero attached hydrogens (tertiary/aromatic N) is 3. The van der Waals surface area contributed by atoms with Gasteiger partial charge in [0, 0.05) is 30.2 Å². The largest absolute Gasteiger partial charge is 0.305 e. The molecule has 10 heteroatoms. The summed E-state index contributed by atoms with van der Waals surface area (Å²) in [4.78, 5) is 29.7. The third kappa shape index (κ3) is 4.82. The Morgan fingerprint density at radius 1 is 1.26 bits per heavy atom. The Bertz CT molecular complexity index is 975. The van der Waals surface area contributed by atoms with E-state index >= 15 is 0 Å². The Kier molecular flexibility index (Phi) is 6.90. The van der Waals surface area contributed by atoms with Gasteiger partial charge in [-0.25, -0.2) is 13.4 Å². The highest BCUT2D eigenvalue weighted by molar-refractivity contribution is 7.89. The number of thiazole rings is 1. The number of nitrogens with one attached hydrogen (secondary N) is 1. The number of amides is 1. The van der Waals surface area contributed by atoms with Crippen molar-refractivity contribution in [3.05, 3.63) is 39.3 Å². The highest BCUT2D eigenvalue weighted by Crippen LogP contribution is 2.22. The molecule has 0 aliphatic rings. The van der Waals surface area contributed by atoms with Crippen molar-refractivity contribution in [2.75, 3.05) is 18.4 Å². The van der Waals surface area contributed by atoms with Crippen molar-refractivity contribution in [2.24, 2.45) is 0 Å². The van der Waals surface area contributed by atoms with Gasteiger partial charge in [0.25, 0.3) is 5.56 Å². The topological polar surface area (TPSA) is 101 Å². The zero-order valence-electron chi connectivity index (χ0n) is 15.9. The van der Waals surface area contributed by atoms with Crippen LogP contribution in [0.5, 0.6) is 0 Å². The number of hydrogen-bond acceptors (Lipinski definition) is 6. The summed E-state index contributed by atoms with van der Waals surface area (Å²) in [7, 11) is -3.71. The molecule has 0 bridgehead atoms. The van der Waals surface area contributed by atoms with Crippen LogP contribution < -0.4 is 10.9 Å². The molecule has 0 saturated heterocycles. The first-order valence-electron chi connectivity index (χ1n) is 8.69. The minimum Gasteiger partial charge on any atom is -0.305 e. The van der Waals surface area contributed by atoms with Gasteiger partial charge >= 0.3 is 0 Å². The summed E-state index contributed by atoms with van der Waals surface area (Å²) in [6, 6.07) is 2.43. The third-order valence-electron chi connectivity index (χ3n) is 4.09. The van der Waals surface area contributed by atoms with Crippen molar-refractivity contribution in [1.82, 2.24) is 13.9 Å². The second-order valence-electron chi connectivity index (χ2n) is 5.84. The predicted octanol–water partition coefficient (Wildman–Crippen LogP) is 1.84. The van der Waals surface area contributed by atoms with E-state index in [1.807, 2.05) is 13.8 Å². The monoisotopic (exact) mass is 412 g/mol. The van der Waals surface area contributed by atoms with Crippen LogP contribution in [-0.2, 0) is 27.8 Å². The van der Waals surface area contributed by atoms with E-state index in [9.17, 15) is 18.0 Å². The van der Waals surface area contributed by atoms with Gasteiger partial charge < -0.3 is 9.88 Å². The van der Waals surface area contributed by atoms with Crippen LogP contribution in [0.2, 0.25) is 0 Å². The van der Waals surface area contributed by atoms with Crippen molar-refractivity contribution in [1.29, 1.82) is 0 Å². The minimum atomic E-state index is -3.71. The molecule has 2 aromatic heterocycles. The summed E-state index contributed by atoms with van der Waals surface area (Å²) < 4.78 is 27.6. The lowest BCUT2D eigenvalue weighted by molar-refractivity contribution is -0.116. The van der Waals surface area contributed by atoms with Crippen molar-refractivity contribution >= 4 is 32.4 Å². The summed E-state index contributed by atoms with van der Waals surface area (Å²) in [5.74, 6) is -0.439. The van der Waals surface area contributed by atoms with Crippen LogP contribution in [0.25, 0.3) is 0 Å². The van der Waals surface area contributed by atoms with E-state index in [4.69, 9.17) is 0 Å². The van der Waals surface area contributed by atoms with Crippen molar-refractivity contribution in [3.63, 3.8) is 0 Å². The van der Waals surface area contributed by atoms with Gasteiger partial charge in [-0.05, 0) is 19.4 Å². The van der Waals surface area contributed by atoms with E-state index in [0.717, 1.165) is 27.6 Å². The second kappa shape index (κ2) is 8.77. The second-order valence-corrected chi connectivity index (χ2v) is 8.99. The molecule has 0 saturated carbocycles. The molecule has 148 valence electrons. The van der Waals surface area contributed by atoms with E-state index in [0.29, 0.717) is 18.2 Å². The average Bonchev–Trinajstić information content (AvgIpc) is 2.96. The summed E-state index contributed by atoms with van der Waals surface area (Å²) in [5, 5.41) is 3.13. The highest BCUT2D eigenvalue weighted by atomic mass is 32.2. The van der Waals surface area contributed by atoms with Crippen LogP contribution in [0.1, 0.15) is 31.3 Å². The van der Waals surface area contributed by atoms with Crippen molar-refractivity contribution in [2.45, 2.75) is 45.6 Å². The van der Waals surface area contributed by atoms with Gasteiger partial charge in [0.1, 0.15) is 6.54 Å². The Balaban J connectivity index is 2.23. The molecule has 0 radical (unpaired) electrons. The molecule has 0 aliphatic carbocycles. The van der Waals surface area contributed by atoms with E-state index in [1.54, 1.807) is 13.8 Å². The first-order chi connectivity index (χ1) is 12.7. The summed E-state index contributed by atoms with van der Waals surface area (Å²) in [5.41, 5.74) is 0.466. The minimum absolute atomic E-state index is 0.0167. The third-order valence-corrected chi connectivity index (χ3v) is 7.05. The molecule has 0 unspecified atom stereocenters. The highest BCUT2D eigenvalue weighted by Gasteiger charge is 2.22. The van der Waals surface area contributed by atoms with E-state index < -0.39 is 21.5 Å². The summed E-state index contributed by atoms with van der Waals surface area (Å²) in [6.07, 6.45) is 1.98. The van der Waals surface area contributed by atoms with Crippen LogP contribution in [0.3, 0.4) is 0 Å². The molecular formula is C17H24N4O4S2. The molecular weight excluding hydrogens is 388 g/mol. The van der Waals surface area contributed by atoms with Crippen LogP contribution in [0.4, 0.5) is 5.13 Å². The first-order valence-corrected chi connectivity index (χ1v) is 10.9. The number of pyridine rings is 1. The molecule has 8 nitrogen and oxygen atoms in total. The number of aromatic nitrogens is 2. The van der Waals surface area contributed by atoms with Crippen molar-refractivity contribution < 1.29 is 13.2 Å². The van der Waals surface area contributed by atoms with E-state index in [2.05, 4.69) is 10.3 Å². The van der Waals surface area contributed by atoms with Gasteiger partial charge in [0.15, 0.2) is 5.13 Å². The van der Waals surface area contributed by atoms with Crippen LogP contribution in [-0.4, -0.2) is 41.3 Å². The van der Waals surface area contributed by atoms with Crippen LogP contribution in [0.15, 0.2) is 28.0 Å². The molecule has 1 N–H and O–H groups in total. The maximum Gasteiger partial charge on any atom is 0.251 e. The van der Waals surface area contributed by atoms with Gasteiger partial charge in [-0.3, -0.25) is 9.59 Å². The molecule has 0 fully saturated rings. The standard InChI is InChI=1S/C17H24N4O4S2/c1-5-14-12(4)26-17(18-14)19-15(22)11-20-10-13(8-9-16(20)23)27(24,25)21(6-2)7-3/h8-10H,5-7,11H2,1-4H3,(H,18,19,22). The lowest BCUT2D eigenvalue weighted by Gasteiger charge is -2.18. The quantitative estimate of drug-likeness (QED) is 0.713. The number of carbonyl (C=O) groups excluding carboxylic acids is 1. The van der Waals surface area contributed by atoms with E-state index in [1.165, 1.54) is 27.9 Å². The van der Waals surface area contributed by atoms with E-state index in [-0.39, 0.29) is 11.4 Å². The average molecular weight is 413 g/mol. The maximum absolute atomic E-state index is 12.6. The van der Waals surface area contributed by atoms with Gasteiger partial charge in [0.2, 0.25) is 15.9 Å². The van der Waals surface area contributed by atoms with Crippen LogP contribution in [0, 0.1) is 6.92 Å². The number of carbonyl (C=O) groups is 1. The SMILES string of the molecule is CCc1nc(NC(=O)Cn2cc(S(=O)(=O)N(CC)CC)ccc2=O)sc1C. The predicted molar refractivity (Wildman–Crippen MR) is 106 cm³/mol. The van der Waals surface area contributed by atoms with Gasteiger partial charge in [-0.15, -0.1) is 11.3 Å². The fourth-order valence-corrected chi connectivity index (χ4v) is 5.02. The molecule has 0 aromatic carbocycles. The Hall–Kier alpha value is -2.04. The van der Waals surface area contributed by atoms with Crippen LogP contribution >= 0.6 is 11.3 Å². The lowest BCUT2D eigenvalue weighted by atomic mass is 10.3.